The van der Waals surface area contributed by atoms with Crippen LogP contribution in [0.5, 0.6) is 0 Å². The molecule has 0 N–H and O–H groups in total. The Bertz CT molecular complexity index is 543. The van der Waals surface area contributed by atoms with Crippen molar-refractivity contribution < 1.29 is 4.79 Å². The standard InChI is InChI=1S/C16H21N3O/c1-12(2)18-6-8-19(9-7-18)16(20)14-5-3-4-13-10-17-11-15(13)14/h3-5,11-12H,6-10H2,1-2H3. The third-order valence-electron chi connectivity index (χ3n) is 4.24. The Labute approximate surface area is 120 Å². The summed E-state index contributed by atoms with van der Waals surface area (Å²) in [6, 6.07) is 6.49. The number of hydrogen-bond acceptors (Lipinski definition) is 3. The molecule has 2 aliphatic heterocycles. The minimum atomic E-state index is 0.151. The number of fused-ring (bicyclic) bond motifs is 1. The van der Waals surface area contributed by atoms with Gasteiger partial charge in [0, 0.05) is 49.6 Å². The second kappa shape index (κ2) is 5.37. The first-order valence-corrected chi connectivity index (χ1v) is 7.32. The molecule has 2 aliphatic rings. The summed E-state index contributed by atoms with van der Waals surface area (Å²) in [5, 5.41) is 0. The van der Waals surface area contributed by atoms with Gasteiger partial charge in [-0.15, -0.1) is 0 Å². The lowest BCUT2D eigenvalue weighted by Gasteiger charge is -2.37. The molecule has 0 aliphatic carbocycles. The Balaban J connectivity index is 1.75. The van der Waals surface area contributed by atoms with Gasteiger partial charge in [-0.25, -0.2) is 0 Å². The van der Waals surface area contributed by atoms with Crippen LogP contribution < -0.4 is 0 Å². The summed E-state index contributed by atoms with van der Waals surface area (Å²) in [6.07, 6.45) is 1.84. The van der Waals surface area contributed by atoms with Crippen LogP contribution in [0, 0.1) is 0 Å². The number of hydrogen-bond donors (Lipinski definition) is 0. The third kappa shape index (κ3) is 2.36. The molecule has 4 nitrogen and oxygen atoms in total. The van der Waals surface area contributed by atoms with E-state index in [2.05, 4.69) is 29.8 Å². The first kappa shape index (κ1) is 13.3. The summed E-state index contributed by atoms with van der Waals surface area (Å²) in [5.74, 6) is 0.151. The summed E-state index contributed by atoms with van der Waals surface area (Å²) in [5.41, 5.74) is 2.99. The van der Waals surface area contributed by atoms with E-state index in [1.165, 1.54) is 0 Å². The van der Waals surface area contributed by atoms with Crippen LogP contribution in [0.2, 0.25) is 0 Å². The topological polar surface area (TPSA) is 35.9 Å². The minimum absolute atomic E-state index is 0.151. The van der Waals surface area contributed by atoms with Crippen LogP contribution in [0.1, 0.15) is 35.3 Å². The molecule has 0 bridgehead atoms. The van der Waals surface area contributed by atoms with E-state index in [-0.39, 0.29) is 5.91 Å². The molecular formula is C16H21N3O. The zero-order valence-electron chi connectivity index (χ0n) is 12.2. The Morgan fingerprint density at radius 2 is 1.95 bits per heavy atom. The van der Waals surface area contributed by atoms with Crippen molar-refractivity contribution in [1.29, 1.82) is 0 Å². The maximum atomic E-state index is 12.7. The van der Waals surface area contributed by atoms with Crippen LogP contribution in [0.25, 0.3) is 0 Å². The van der Waals surface area contributed by atoms with Gasteiger partial charge < -0.3 is 4.90 Å². The molecule has 0 unspecified atom stereocenters. The molecule has 1 amide bonds. The first-order valence-electron chi connectivity index (χ1n) is 7.32. The van der Waals surface area contributed by atoms with E-state index in [1.807, 2.05) is 23.2 Å². The maximum absolute atomic E-state index is 12.7. The Hall–Kier alpha value is -1.68. The van der Waals surface area contributed by atoms with Crippen molar-refractivity contribution in [3.8, 4) is 0 Å². The van der Waals surface area contributed by atoms with Gasteiger partial charge in [-0.1, -0.05) is 12.1 Å². The zero-order valence-corrected chi connectivity index (χ0v) is 12.2. The predicted octanol–water partition coefficient (Wildman–Crippen LogP) is 1.79. The predicted molar refractivity (Wildman–Crippen MR) is 80.4 cm³/mol. The number of piperazine rings is 1. The number of nitrogens with zero attached hydrogens (tertiary/aromatic N) is 3. The van der Waals surface area contributed by atoms with E-state index in [0.29, 0.717) is 12.6 Å². The number of amides is 1. The van der Waals surface area contributed by atoms with Gasteiger partial charge in [0.15, 0.2) is 0 Å². The zero-order chi connectivity index (χ0) is 14.1. The lowest BCUT2D eigenvalue weighted by atomic mass is 10.0. The fourth-order valence-electron chi connectivity index (χ4n) is 2.94. The largest absolute Gasteiger partial charge is 0.336 e. The molecule has 0 aromatic heterocycles. The summed E-state index contributed by atoms with van der Waals surface area (Å²) >= 11 is 0. The van der Waals surface area contributed by atoms with E-state index in [0.717, 1.165) is 42.9 Å². The summed E-state index contributed by atoms with van der Waals surface area (Å²) in [4.78, 5) is 21.3. The molecular weight excluding hydrogens is 250 g/mol. The quantitative estimate of drug-likeness (QED) is 0.822. The monoisotopic (exact) mass is 271 g/mol. The highest BCUT2D eigenvalue weighted by Gasteiger charge is 2.25. The maximum Gasteiger partial charge on any atom is 0.254 e. The lowest BCUT2D eigenvalue weighted by molar-refractivity contribution is 0.0595. The fraction of sp³-hybridized carbons (Fsp3) is 0.500. The van der Waals surface area contributed by atoms with Gasteiger partial charge in [0.2, 0.25) is 0 Å². The minimum Gasteiger partial charge on any atom is -0.336 e. The average molecular weight is 271 g/mol. The second-order valence-corrected chi connectivity index (χ2v) is 5.77. The molecule has 20 heavy (non-hydrogen) atoms. The van der Waals surface area contributed by atoms with Crippen molar-refractivity contribution in [3.63, 3.8) is 0 Å². The molecule has 4 heteroatoms. The van der Waals surface area contributed by atoms with E-state index in [9.17, 15) is 4.79 Å². The molecule has 1 aromatic rings. The lowest BCUT2D eigenvalue weighted by Crippen LogP contribution is -2.50. The normalized spacial score (nSPS) is 18.6. The van der Waals surface area contributed by atoms with Gasteiger partial charge in [0.05, 0.1) is 6.54 Å². The van der Waals surface area contributed by atoms with Crippen molar-refractivity contribution in [2.75, 3.05) is 26.2 Å². The Kier molecular flexibility index (Phi) is 3.57. The third-order valence-corrected chi connectivity index (χ3v) is 4.24. The molecule has 1 fully saturated rings. The molecule has 0 atom stereocenters. The van der Waals surface area contributed by atoms with Gasteiger partial charge in [-0.05, 0) is 25.5 Å². The molecule has 3 rings (SSSR count). The van der Waals surface area contributed by atoms with Crippen LogP contribution in [0.15, 0.2) is 23.2 Å². The average Bonchev–Trinajstić information content (AvgIpc) is 2.95. The van der Waals surface area contributed by atoms with Crippen LogP contribution in [0.4, 0.5) is 0 Å². The number of benzene rings is 1. The van der Waals surface area contributed by atoms with Crippen LogP contribution >= 0.6 is 0 Å². The molecule has 0 spiro atoms. The Morgan fingerprint density at radius 3 is 2.65 bits per heavy atom. The Morgan fingerprint density at radius 1 is 1.20 bits per heavy atom. The van der Waals surface area contributed by atoms with Crippen molar-refractivity contribution in [3.05, 3.63) is 34.9 Å². The van der Waals surface area contributed by atoms with Crippen LogP contribution in [-0.4, -0.2) is 54.1 Å². The summed E-state index contributed by atoms with van der Waals surface area (Å²) in [6.45, 7) is 8.68. The van der Waals surface area contributed by atoms with Crippen LogP contribution in [-0.2, 0) is 6.54 Å². The molecule has 1 aromatic carbocycles. The first-order chi connectivity index (χ1) is 9.66. The number of carbonyl (C=O) groups is 1. The smallest absolute Gasteiger partial charge is 0.254 e. The second-order valence-electron chi connectivity index (χ2n) is 5.77. The van der Waals surface area contributed by atoms with Crippen molar-refractivity contribution in [2.45, 2.75) is 26.4 Å². The summed E-state index contributed by atoms with van der Waals surface area (Å²) in [7, 11) is 0. The number of carbonyl (C=O) groups excluding carboxylic acids is 1. The van der Waals surface area contributed by atoms with Gasteiger partial charge in [-0.2, -0.15) is 0 Å². The number of rotatable bonds is 2. The van der Waals surface area contributed by atoms with Crippen LogP contribution in [0.3, 0.4) is 0 Å². The van der Waals surface area contributed by atoms with E-state index in [4.69, 9.17) is 0 Å². The fourth-order valence-corrected chi connectivity index (χ4v) is 2.94. The van der Waals surface area contributed by atoms with Gasteiger partial charge >= 0.3 is 0 Å². The van der Waals surface area contributed by atoms with Gasteiger partial charge in [0.25, 0.3) is 5.91 Å². The van der Waals surface area contributed by atoms with E-state index in [1.54, 1.807) is 0 Å². The highest BCUT2D eigenvalue weighted by molar-refractivity contribution is 6.04. The van der Waals surface area contributed by atoms with E-state index < -0.39 is 0 Å². The van der Waals surface area contributed by atoms with E-state index >= 15 is 0 Å². The summed E-state index contributed by atoms with van der Waals surface area (Å²) < 4.78 is 0. The molecule has 106 valence electrons. The van der Waals surface area contributed by atoms with Crippen molar-refractivity contribution in [1.82, 2.24) is 9.80 Å². The molecule has 0 saturated carbocycles. The SMILES string of the molecule is CC(C)N1CCN(C(=O)c2cccc3c2C=NC3)CC1. The van der Waals surface area contributed by atoms with Gasteiger partial charge in [0.1, 0.15) is 0 Å². The molecule has 0 radical (unpaired) electrons. The molecule has 2 heterocycles. The number of aliphatic imine (C=N–C) groups is 1. The highest BCUT2D eigenvalue weighted by Crippen LogP contribution is 2.21. The van der Waals surface area contributed by atoms with Gasteiger partial charge in [-0.3, -0.25) is 14.7 Å². The van der Waals surface area contributed by atoms with Crippen molar-refractivity contribution >= 4 is 12.1 Å². The molecule has 1 saturated heterocycles. The highest BCUT2D eigenvalue weighted by atomic mass is 16.2. The van der Waals surface area contributed by atoms with Crippen molar-refractivity contribution in [2.24, 2.45) is 4.99 Å².